The van der Waals surface area contributed by atoms with Crippen molar-refractivity contribution < 1.29 is 18.7 Å². The maximum absolute atomic E-state index is 11.9. The van der Waals surface area contributed by atoms with Gasteiger partial charge in [-0.1, -0.05) is 32.9 Å². The minimum Gasteiger partial charge on any atom is -0.546 e. The number of rotatable bonds is 7. The van der Waals surface area contributed by atoms with Crippen LogP contribution in [0, 0.1) is 0 Å². The molecule has 0 radical (unpaired) electrons. The molecule has 0 fully saturated rings. The van der Waals surface area contributed by atoms with Gasteiger partial charge in [-0.15, -0.1) is 0 Å². The number of ether oxygens (including phenoxy) is 2. The molecule has 0 aliphatic heterocycles. The van der Waals surface area contributed by atoms with Gasteiger partial charge in [0.05, 0.1) is 0 Å². The molecule has 0 spiro atoms. The van der Waals surface area contributed by atoms with E-state index in [4.69, 9.17) is 13.9 Å². The Balaban J connectivity index is 2.64. The first-order valence-electron chi connectivity index (χ1n) is 7.12. The van der Waals surface area contributed by atoms with Crippen molar-refractivity contribution in [2.75, 3.05) is 14.2 Å². The van der Waals surface area contributed by atoms with Crippen LogP contribution in [-0.2, 0) is 20.7 Å². The molecule has 0 saturated carbocycles. The average molecular weight is 310 g/mol. The van der Waals surface area contributed by atoms with Crippen molar-refractivity contribution in [1.29, 1.82) is 0 Å². The highest BCUT2D eigenvalue weighted by Gasteiger charge is 2.24. The number of carbonyl (C=O) groups is 1. The van der Waals surface area contributed by atoms with Gasteiger partial charge in [0.1, 0.15) is 5.75 Å². The summed E-state index contributed by atoms with van der Waals surface area (Å²) in [6.07, 6.45) is -0.506. The molecule has 0 N–H and O–H groups in total. The van der Waals surface area contributed by atoms with Crippen LogP contribution < -0.4 is 4.43 Å². The van der Waals surface area contributed by atoms with E-state index in [0.717, 1.165) is 11.3 Å². The zero-order valence-corrected chi connectivity index (χ0v) is 15.0. The lowest BCUT2D eigenvalue weighted by Crippen LogP contribution is -2.28. The molecule has 0 aliphatic rings. The fourth-order valence-electron chi connectivity index (χ4n) is 1.71. The molecular formula is C16H26O4Si. The van der Waals surface area contributed by atoms with E-state index in [0.29, 0.717) is 6.42 Å². The van der Waals surface area contributed by atoms with Gasteiger partial charge < -0.3 is 13.9 Å². The van der Waals surface area contributed by atoms with Crippen LogP contribution in [0.5, 0.6) is 5.75 Å². The van der Waals surface area contributed by atoms with Gasteiger partial charge in [0.15, 0.2) is 5.78 Å². The molecule has 0 aliphatic carbocycles. The third-order valence-corrected chi connectivity index (χ3v) is 6.59. The van der Waals surface area contributed by atoms with Crippen LogP contribution >= 0.6 is 0 Å². The number of ketones is 1. The third kappa shape index (κ3) is 5.61. The monoisotopic (exact) mass is 310 g/mol. The van der Waals surface area contributed by atoms with Gasteiger partial charge in [0, 0.05) is 20.6 Å². The maximum Gasteiger partial charge on any atom is 0.237 e. The fraction of sp³-hybridized carbons (Fsp3) is 0.562. The largest absolute Gasteiger partial charge is 0.546 e. The van der Waals surface area contributed by atoms with Crippen LogP contribution in [0.1, 0.15) is 26.3 Å². The van der Waals surface area contributed by atoms with Crippen molar-refractivity contribution in [3.63, 3.8) is 0 Å². The topological polar surface area (TPSA) is 44.8 Å². The van der Waals surface area contributed by atoms with Crippen molar-refractivity contribution in [3.8, 4) is 5.75 Å². The Bertz CT molecular complexity index is 446. The summed E-state index contributed by atoms with van der Waals surface area (Å²) in [5.41, 5.74) is 0.927. The van der Waals surface area contributed by atoms with E-state index in [9.17, 15) is 4.79 Å². The van der Waals surface area contributed by atoms with Crippen molar-refractivity contribution in [2.24, 2.45) is 0 Å². The first kappa shape index (κ1) is 17.9. The SMILES string of the molecule is COC(OC)C(=O)Cc1ccc(O[SiH](C)C(C)(C)C)cc1. The van der Waals surface area contributed by atoms with E-state index in [2.05, 4.69) is 27.3 Å². The normalized spacial score (nSPS) is 13.3. The predicted molar refractivity (Wildman–Crippen MR) is 86.3 cm³/mol. The zero-order valence-electron chi connectivity index (χ0n) is 13.8. The number of hydrogen-bond donors (Lipinski definition) is 0. The molecule has 1 unspecified atom stereocenters. The standard InChI is InChI=1S/C16H26O4Si/c1-16(2,3)21(6)20-13-9-7-12(8-10-13)11-14(17)15(18-4)19-5/h7-10,15,21H,11H2,1-6H3. The molecular weight excluding hydrogens is 284 g/mol. The summed E-state index contributed by atoms with van der Waals surface area (Å²) in [4.78, 5) is 11.9. The van der Waals surface area contributed by atoms with Gasteiger partial charge in [-0.2, -0.15) is 0 Å². The molecule has 0 bridgehead atoms. The van der Waals surface area contributed by atoms with E-state index >= 15 is 0 Å². The number of hydrogen-bond acceptors (Lipinski definition) is 4. The summed E-state index contributed by atoms with van der Waals surface area (Å²) in [5, 5.41) is 0.221. The molecule has 0 saturated heterocycles. The molecule has 118 valence electrons. The van der Waals surface area contributed by atoms with Gasteiger partial charge in [-0.3, -0.25) is 4.79 Å². The number of carbonyl (C=O) groups excluding carboxylic acids is 1. The van der Waals surface area contributed by atoms with Crippen molar-refractivity contribution in [1.82, 2.24) is 0 Å². The lowest BCUT2D eigenvalue weighted by Gasteiger charge is -2.26. The second-order valence-electron chi connectivity index (χ2n) is 6.22. The first-order valence-corrected chi connectivity index (χ1v) is 9.32. The molecule has 4 nitrogen and oxygen atoms in total. The summed E-state index contributed by atoms with van der Waals surface area (Å²) in [5.74, 6) is 0.779. The van der Waals surface area contributed by atoms with Crippen molar-refractivity contribution >= 4 is 14.8 Å². The van der Waals surface area contributed by atoms with E-state index < -0.39 is 15.3 Å². The highest BCUT2D eigenvalue weighted by Crippen LogP contribution is 2.28. The van der Waals surface area contributed by atoms with E-state index in [-0.39, 0.29) is 10.8 Å². The second-order valence-corrected chi connectivity index (χ2v) is 9.47. The molecule has 1 rings (SSSR count). The van der Waals surface area contributed by atoms with Crippen LogP contribution in [-0.4, -0.2) is 35.3 Å². The van der Waals surface area contributed by atoms with Crippen molar-refractivity contribution in [2.45, 2.75) is 45.1 Å². The third-order valence-electron chi connectivity index (χ3n) is 3.53. The fourth-order valence-corrected chi connectivity index (χ4v) is 2.63. The molecule has 21 heavy (non-hydrogen) atoms. The Kier molecular flexibility index (Phi) is 6.58. The van der Waals surface area contributed by atoms with Gasteiger partial charge in [-0.25, -0.2) is 0 Å². The first-order chi connectivity index (χ1) is 9.77. The quantitative estimate of drug-likeness (QED) is 0.574. The summed E-state index contributed by atoms with van der Waals surface area (Å²) < 4.78 is 15.9. The number of benzene rings is 1. The Hall–Kier alpha value is -1.17. The average Bonchev–Trinajstić information content (AvgIpc) is 2.41. The summed E-state index contributed by atoms with van der Waals surface area (Å²) in [6.45, 7) is 8.80. The van der Waals surface area contributed by atoms with E-state index in [1.165, 1.54) is 14.2 Å². The van der Waals surface area contributed by atoms with E-state index in [1.807, 2.05) is 24.3 Å². The van der Waals surface area contributed by atoms with Crippen LogP contribution in [0.25, 0.3) is 0 Å². The Labute approximate surface area is 129 Å². The lowest BCUT2D eigenvalue weighted by molar-refractivity contribution is -0.155. The highest BCUT2D eigenvalue weighted by atomic mass is 28.3. The summed E-state index contributed by atoms with van der Waals surface area (Å²) in [6, 6.07) is 7.68. The molecule has 1 aromatic carbocycles. The van der Waals surface area contributed by atoms with Gasteiger partial charge in [0.25, 0.3) is 0 Å². The zero-order chi connectivity index (χ0) is 16.0. The van der Waals surface area contributed by atoms with Crippen LogP contribution in [0.15, 0.2) is 24.3 Å². The predicted octanol–water partition coefficient (Wildman–Crippen LogP) is 2.95. The molecule has 0 aromatic heterocycles. The van der Waals surface area contributed by atoms with Gasteiger partial charge >= 0.3 is 0 Å². The Morgan fingerprint density at radius 2 is 1.67 bits per heavy atom. The molecule has 5 heteroatoms. The summed E-state index contributed by atoms with van der Waals surface area (Å²) >= 11 is 0. The summed E-state index contributed by atoms with van der Waals surface area (Å²) in [7, 11) is 1.62. The van der Waals surface area contributed by atoms with Crippen LogP contribution in [0.2, 0.25) is 11.6 Å². The van der Waals surface area contributed by atoms with Crippen molar-refractivity contribution in [3.05, 3.63) is 29.8 Å². The number of methoxy groups -OCH3 is 2. The highest BCUT2D eigenvalue weighted by molar-refractivity contribution is 6.54. The maximum atomic E-state index is 11.9. The molecule has 0 amide bonds. The lowest BCUT2D eigenvalue weighted by atomic mass is 10.1. The molecule has 1 atom stereocenters. The smallest absolute Gasteiger partial charge is 0.237 e. The Morgan fingerprint density at radius 3 is 2.10 bits per heavy atom. The van der Waals surface area contributed by atoms with E-state index in [1.54, 1.807) is 0 Å². The van der Waals surface area contributed by atoms with Gasteiger partial charge in [0.2, 0.25) is 15.3 Å². The minimum absolute atomic E-state index is 0.0916. The molecule has 0 heterocycles. The number of Topliss-reactive ketones (excluding diaryl/α,β-unsaturated/α-hetero) is 1. The molecule has 1 aromatic rings. The minimum atomic E-state index is -1.29. The van der Waals surface area contributed by atoms with Crippen LogP contribution in [0.4, 0.5) is 0 Å². The Morgan fingerprint density at radius 1 is 1.14 bits per heavy atom. The van der Waals surface area contributed by atoms with Crippen LogP contribution in [0.3, 0.4) is 0 Å². The van der Waals surface area contributed by atoms with Gasteiger partial charge in [-0.05, 0) is 29.3 Å². The second kappa shape index (κ2) is 7.73.